The molecule has 0 aliphatic heterocycles. The number of rotatable bonds is 9. The maximum absolute atomic E-state index is 5.26. The highest BCUT2D eigenvalue weighted by Gasteiger charge is 2.15. The van der Waals surface area contributed by atoms with Gasteiger partial charge in [0, 0.05) is 30.0 Å². The van der Waals surface area contributed by atoms with Crippen LogP contribution in [-0.2, 0) is 0 Å². The van der Waals surface area contributed by atoms with Gasteiger partial charge >= 0.3 is 0 Å². The first-order chi connectivity index (χ1) is 29.6. The van der Waals surface area contributed by atoms with E-state index in [-0.39, 0.29) is 0 Å². The highest BCUT2D eigenvalue weighted by Crippen LogP contribution is 2.38. The number of fused-ring (bicyclic) bond motifs is 4. The van der Waals surface area contributed by atoms with Crippen molar-refractivity contribution in [1.29, 1.82) is 0 Å². The maximum atomic E-state index is 5.26. The predicted molar refractivity (Wildman–Crippen MR) is 261 cm³/mol. The van der Waals surface area contributed by atoms with Crippen molar-refractivity contribution in [1.82, 2.24) is 9.97 Å². The minimum Gasteiger partial charge on any atom is -0.296 e. The molecule has 3 heteroatoms. The van der Waals surface area contributed by atoms with E-state index < -0.39 is 0 Å². The third-order valence-corrected chi connectivity index (χ3v) is 11.0. The summed E-state index contributed by atoms with van der Waals surface area (Å²) in [7, 11) is 1.80. The van der Waals surface area contributed by atoms with Crippen LogP contribution in [0, 0.1) is 0 Å². The maximum Gasteiger partial charge on any atom is 0.160 e. The molecule has 1 heterocycles. The minimum atomic E-state index is 0.662. The molecule has 0 unspecified atom stereocenters. The summed E-state index contributed by atoms with van der Waals surface area (Å²) in [5.74, 6) is 0.662. The van der Waals surface area contributed by atoms with Gasteiger partial charge in [0.15, 0.2) is 5.82 Å². The smallest absolute Gasteiger partial charge is 0.160 e. The molecule has 0 saturated carbocycles. The van der Waals surface area contributed by atoms with Crippen molar-refractivity contribution >= 4 is 56.3 Å². The summed E-state index contributed by atoms with van der Waals surface area (Å²) < 4.78 is 0. The van der Waals surface area contributed by atoms with Crippen LogP contribution in [0.3, 0.4) is 0 Å². The van der Waals surface area contributed by atoms with Gasteiger partial charge in [-0.25, -0.2) is 9.97 Å². The van der Waals surface area contributed by atoms with Crippen LogP contribution in [0.5, 0.6) is 0 Å². The van der Waals surface area contributed by atoms with Crippen LogP contribution in [0.4, 0.5) is 0 Å². The van der Waals surface area contributed by atoms with Crippen molar-refractivity contribution in [2.75, 3.05) is 7.05 Å². The lowest BCUT2D eigenvalue weighted by atomic mass is 9.89. The molecular weight excluding hydrogens is 727 g/mol. The number of aromatic nitrogens is 2. The van der Waals surface area contributed by atoms with Gasteiger partial charge in [0.25, 0.3) is 0 Å². The summed E-state index contributed by atoms with van der Waals surface area (Å²) in [5, 5.41) is 7.16. The molecule has 0 amide bonds. The normalized spacial score (nSPS) is 11.5. The lowest BCUT2D eigenvalue weighted by Gasteiger charge is -2.15. The molecule has 0 aliphatic carbocycles. The molecule has 0 fully saturated rings. The van der Waals surface area contributed by atoms with Crippen molar-refractivity contribution in [3.8, 4) is 56.2 Å². The quantitative estimate of drug-likeness (QED) is 0.108. The third kappa shape index (κ3) is 7.50. The standard InChI is InChI=1S/C55H41N3.C2H6/c1-5-36(35-56-4)40-17-12-19-43(31-40)54-34-53(39-27-25-38(26-28-39)48-24-14-16-37-15-8-9-21-47(37)48)57-55(58-54)44-20-13-18-41(32-44)42-29-30-51-46(7-3)45(6-2)49-22-10-11-23-50(49)52(51)33-42;1-2/h5-35H,2-3H2,1,4H3;1-2H3/b36-5+,56-35?;. The topological polar surface area (TPSA) is 38.1 Å². The van der Waals surface area contributed by atoms with E-state index in [1.807, 2.05) is 39.1 Å². The summed E-state index contributed by atoms with van der Waals surface area (Å²) in [4.78, 5) is 14.8. The van der Waals surface area contributed by atoms with Crippen molar-refractivity contribution in [2.45, 2.75) is 20.8 Å². The van der Waals surface area contributed by atoms with Gasteiger partial charge in [-0.15, -0.1) is 0 Å². The molecule has 1 aromatic heterocycles. The molecule has 0 aliphatic rings. The molecule has 290 valence electrons. The van der Waals surface area contributed by atoms with Crippen molar-refractivity contribution < 1.29 is 0 Å². The second kappa shape index (κ2) is 17.6. The zero-order chi connectivity index (χ0) is 41.6. The Morgan fingerprint density at radius 3 is 1.78 bits per heavy atom. The summed E-state index contributed by atoms with van der Waals surface area (Å²) in [6, 6.07) is 58.1. The zero-order valence-electron chi connectivity index (χ0n) is 34.7. The monoisotopic (exact) mass is 773 g/mol. The fourth-order valence-corrected chi connectivity index (χ4v) is 8.18. The van der Waals surface area contributed by atoms with Gasteiger partial charge in [0.2, 0.25) is 0 Å². The zero-order valence-corrected chi connectivity index (χ0v) is 34.7. The molecule has 3 nitrogen and oxygen atoms in total. The Labute approximate surface area is 353 Å². The summed E-state index contributed by atoms with van der Waals surface area (Å²) >= 11 is 0. The van der Waals surface area contributed by atoms with Crippen LogP contribution >= 0.6 is 0 Å². The Balaban J connectivity index is 0.00000246. The van der Waals surface area contributed by atoms with Gasteiger partial charge in [-0.2, -0.15) is 0 Å². The molecule has 9 aromatic rings. The van der Waals surface area contributed by atoms with E-state index in [9.17, 15) is 0 Å². The lowest BCUT2D eigenvalue weighted by Crippen LogP contribution is -1.97. The molecule has 0 bridgehead atoms. The third-order valence-electron chi connectivity index (χ3n) is 11.0. The van der Waals surface area contributed by atoms with Crippen LogP contribution in [-0.4, -0.2) is 23.2 Å². The molecule has 8 aromatic carbocycles. The average molecular weight is 774 g/mol. The Morgan fingerprint density at radius 1 is 0.483 bits per heavy atom. The fraction of sp³-hybridized carbons (Fsp3) is 0.0702. The highest BCUT2D eigenvalue weighted by atomic mass is 14.9. The highest BCUT2D eigenvalue weighted by molar-refractivity contribution is 6.15. The van der Waals surface area contributed by atoms with Crippen LogP contribution in [0.25, 0.3) is 106 Å². The van der Waals surface area contributed by atoms with E-state index in [1.165, 1.54) is 32.5 Å². The van der Waals surface area contributed by atoms with E-state index in [0.717, 1.165) is 72.4 Å². The van der Waals surface area contributed by atoms with Gasteiger partial charge in [0.1, 0.15) is 0 Å². The van der Waals surface area contributed by atoms with E-state index in [1.54, 1.807) is 7.05 Å². The number of benzene rings is 8. The van der Waals surface area contributed by atoms with E-state index >= 15 is 0 Å². The number of allylic oxidation sites excluding steroid dienone is 2. The van der Waals surface area contributed by atoms with Crippen molar-refractivity contribution in [2.24, 2.45) is 4.99 Å². The average Bonchev–Trinajstić information content (AvgIpc) is 3.33. The van der Waals surface area contributed by atoms with Crippen LogP contribution < -0.4 is 0 Å². The number of nitrogens with zero attached hydrogens (tertiary/aromatic N) is 3. The molecule has 0 saturated heterocycles. The Kier molecular flexibility index (Phi) is 11.5. The van der Waals surface area contributed by atoms with Crippen LogP contribution in [0.15, 0.2) is 188 Å². The van der Waals surface area contributed by atoms with Crippen molar-refractivity contribution in [3.05, 3.63) is 200 Å². The van der Waals surface area contributed by atoms with Crippen LogP contribution in [0.2, 0.25) is 0 Å². The number of aliphatic imine (C=N–C) groups is 1. The SMILES string of the molecule is C=Cc1c(C=C)c2ccc(-c3cccc(-c4nc(-c5ccc(-c6cccc7ccccc67)cc5)cc(-c5cccc(/C(C=NC)=C/C)c5)n4)c3)cc2c2ccccc12.CC. The first kappa shape index (κ1) is 39.3. The second-order valence-electron chi connectivity index (χ2n) is 14.4. The first-order valence-corrected chi connectivity index (χ1v) is 20.6. The molecule has 60 heavy (non-hydrogen) atoms. The summed E-state index contributed by atoms with van der Waals surface area (Å²) in [6.45, 7) is 14.3. The predicted octanol–water partition coefficient (Wildman–Crippen LogP) is 15.7. The Hall–Kier alpha value is -7.49. The van der Waals surface area contributed by atoms with Gasteiger partial charge in [-0.05, 0) is 108 Å². The Bertz CT molecular complexity index is 3110. The first-order valence-electron chi connectivity index (χ1n) is 20.6. The number of hydrogen-bond donors (Lipinski definition) is 0. The minimum absolute atomic E-state index is 0.662. The fourth-order valence-electron chi connectivity index (χ4n) is 8.18. The molecule has 0 N–H and O–H groups in total. The molecule has 9 rings (SSSR count). The van der Waals surface area contributed by atoms with Gasteiger partial charge in [-0.3, -0.25) is 4.99 Å². The van der Waals surface area contributed by atoms with Gasteiger partial charge < -0.3 is 0 Å². The molecule has 0 spiro atoms. The van der Waals surface area contributed by atoms with Gasteiger partial charge in [0.05, 0.1) is 11.4 Å². The number of hydrogen-bond acceptors (Lipinski definition) is 3. The van der Waals surface area contributed by atoms with Crippen molar-refractivity contribution in [3.63, 3.8) is 0 Å². The van der Waals surface area contributed by atoms with E-state index in [2.05, 4.69) is 188 Å². The Morgan fingerprint density at radius 2 is 1.05 bits per heavy atom. The molecule has 0 radical (unpaired) electrons. The van der Waals surface area contributed by atoms with Crippen LogP contribution in [0.1, 0.15) is 37.5 Å². The molecular formula is C57H47N3. The van der Waals surface area contributed by atoms with E-state index in [0.29, 0.717) is 5.82 Å². The molecule has 0 atom stereocenters. The summed E-state index contributed by atoms with van der Waals surface area (Å²) in [5.41, 5.74) is 13.6. The largest absolute Gasteiger partial charge is 0.296 e. The second-order valence-corrected chi connectivity index (χ2v) is 14.4. The summed E-state index contributed by atoms with van der Waals surface area (Å²) in [6.07, 6.45) is 7.86. The lowest BCUT2D eigenvalue weighted by molar-refractivity contribution is 1.18. The van der Waals surface area contributed by atoms with E-state index in [4.69, 9.17) is 9.97 Å². The van der Waals surface area contributed by atoms with Gasteiger partial charge in [-0.1, -0.05) is 185 Å².